The highest BCUT2D eigenvalue weighted by molar-refractivity contribution is 6.29. The Morgan fingerprint density at radius 3 is 2.70 bits per heavy atom. The van der Waals surface area contributed by atoms with Gasteiger partial charge < -0.3 is 5.11 Å². The van der Waals surface area contributed by atoms with Crippen LogP contribution in [0.1, 0.15) is 29.5 Å². The van der Waals surface area contributed by atoms with E-state index >= 15 is 0 Å². The number of halogens is 2. The second-order valence-corrected chi connectivity index (χ2v) is 4.66. The quantitative estimate of drug-likeness (QED) is 0.875. The summed E-state index contributed by atoms with van der Waals surface area (Å²) < 4.78 is 13.5. The zero-order valence-corrected chi connectivity index (χ0v) is 11.5. The average Bonchev–Trinajstić information content (AvgIpc) is 2.37. The van der Waals surface area contributed by atoms with Crippen LogP contribution in [0.3, 0.4) is 0 Å². The van der Waals surface area contributed by atoms with Gasteiger partial charge >= 0.3 is 5.97 Å². The van der Waals surface area contributed by atoms with Crippen molar-refractivity contribution in [3.05, 3.63) is 46.6 Å². The molecule has 0 unspecified atom stereocenters. The van der Waals surface area contributed by atoms with Gasteiger partial charge in [-0.3, -0.25) is 0 Å². The van der Waals surface area contributed by atoms with Gasteiger partial charge in [0.2, 0.25) is 0 Å². The molecule has 1 heterocycles. The van der Waals surface area contributed by atoms with Crippen molar-refractivity contribution in [2.24, 2.45) is 0 Å². The van der Waals surface area contributed by atoms with Crippen molar-refractivity contribution in [1.29, 1.82) is 0 Å². The molecule has 1 N–H and O–H groups in total. The summed E-state index contributed by atoms with van der Waals surface area (Å²) in [4.78, 5) is 19.3. The van der Waals surface area contributed by atoms with Crippen molar-refractivity contribution in [1.82, 2.24) is 9.97 Å². The summed E-state index contributed by atoms with van der Waals surface area (Å²) >= 11 is 5.92. The first-order chi connectivity index (χ1) is 9.49. The van der Waals surface area contributed by atoms with Crippen molar-refractivity contribution in [3.63, 3.8) is 0 Å². The summed E-state index contributed by atoms with van der Waals surface area (Å²) in [6, 6.07) is 5.03. The summed E-state index contributed by atoms with van der Waals surface area (Å²) in [5, 5.41) is 9.20. The fourth-order valence-electron chi connectivity index (χ4n) is 1.81. The van der Waals surface area contributed by atoms with Crippen LogP contribution in [-0.2, 0) is 6.42 Å². The third kappa shape index (κ3) is 3.30. The molecule has 2 aromatic rings. The average molecular weight is 295 g/mol. The maximum absolute atomic E-state index is 13.5. The first-order valence-corrected chi connectivity index (χ1v) is 6.45. The van der Waals surface area contributed by atoms with E-state index in [2.05, 4.69) is 9.97 Å². The zero-order valence-electron chi connectivity index (χ0n) is 10.7. The van der Waals surface area contributed by atoms with Crippen molar-refractivity contribution in [3.8, 4) is 11.3 Å². The summed E-state index contributed by atoms with van der Waals surface area (Å²) in [6.07, 6.45) is 1.50. The van der Waals surface area contributed by atoms with Gasteiger partial charge in [-0.25, -0.2) is 19.2 Å². The monoisotopic (exact) mass is 294 g/mol. The number of nitrogens with zero attached hydrogens (tertiary/aromatic N) is 2. The largest absolute Gasteiger partial charge is 0.478 e. The van der Waals surface area contributed by atoms with E-state index in [0.717, 1.165) is 12.5 Å². The van der Waals surface area contributed by atoms with Crippen molar-refractivity contribution < 1.29 is 14.3 Å². The standard InChI is InChI=1S/C14H12ClFN2O2/c1-2-3-13-17-11(7-12(15)18-13)8-4-9(14(19)20)6-10(16)5-8/h4-7H,2-3H2,1H3,(H,19,20). The van der Waals surface area contributed by atoms with E-state index < -0.39 is 11.8 Å². The topological polar surface area (TPSA) is 63.1 Å². The molecule has 0 saturated heterocycles. The van der Waals surface area contributed by atoms with Crippen LogP contribution in [0.15, 0.2) is 24.3 Å². The Hall–Kier alpha value is -2.01. The molecule has 0 bridgehead atoms. The van der Waals surface area contributed by atoms with E-state index in [1.807, 2.05) is 6.92 Å². The van der Waals surface area contributed by atoms with E-state index in [1.165, 1.54) is 18.2 Å². The highest BCUT2D eigenvalue weighted by Gasteiger charge is 2.11. The lowest BCUT2D eigenvalue weighted by Crippen LogP contribution is -2.00. The van der Waals surface area contributed by atoms with Crippen LogP contribution in [0, 0.1) is 5.82 Å². The minimum Gasteiger partial charge on any atom is -0.478 e. The van der Waals surface area contributed by atoms with Crippen molar-refractivity contribution >= 4 is 17.6 Å². The highest BCUT2D eigenvalue weighted by atomic mass is 35.5. The third-order valence-electron chi connectivity index (χ3n) is 2.66. The maximum atomic E-state index is 13.5. The Morgan fingerprint density at radius 1 is 1.30 bits per heavy atom. The lowest BCUT2D eigenvalue weighted by Gasteiger charge is -2.06. The Bertz CT molecular complexity index is 662. The van der Waals surface area contributed by atoms with Crippen LogP contribution in [0.25, 0.3) is 11.3 Å². The van der Waals surface area contributed by atoms with Gasteiger partial charge in [0, 0.05) is 18.1 Å². The first kappa shape index (κ1) is 14.4. The Balaban J connectivity index is 2.53. The number of carboxylic acids is 1. The fraction of sp³-hybridized carbons (Fsp3) is 0.214. The summed E-state index contributed by atoms with van der Waals surface area (Å²) in [5.41, 5.74) is 0.645. The normalized spacial score (nSPS) is 10.6. The molecule has 0 atom stereocenters. The Kier molecular flexibility index (Phi) is 4.29. The molecular weight excluding hydrogens is 283 g/mol. The zero-order chi connectivity index (χ0) is 14.7. The van der Waals surface area contributed by atoms with Crippen LogP contribution in [0.5, 0.6) is 0 Å². The van der Waals surface area contributed by atoms with E-state index in [0.29, 0.717) is 23.5 Å². The van der Waals surface area contributed by atoms with Crippen LogP contribution in [0.2, 0.25) is 5.15 Å². The predicted molar refractivity (Wildman–Crippen MR) is 73.4 cm³/mol. The number of hydrogen-bond donors (Lipinski definition) is 1. The van der Waals surface area contributed by atoms with Crippen LogP contribution >= 0.6 is 11.6 Å². The second kappa shape index (κ2) is 5.96. The predicted octanol–water partition coefficient (Wildman–Crippen LogP) is 3.59. The molecule has 0 amide bonds. The smallest absolute Gasteiger partial charge is 0.335 e. The SMILES string of the molecule is CCCc1nc(Cl)cc(-c2cc(F)cc(C(=O)O)c2)n1. The minimum atomic E-state index is -1.19. The molecule has 1 aromatic carbocycles. The van der Waals surface area contributed by atoms with Gasteiger partial charge in [-0.1, -0.05) is 18.5 Å². The fourth-order valence-corrected chi connectivity index (χ4v) is 2.01. The lowest BCUT2D eigenvalue weighted by atomic mass is 10.1. The number of aromatic nitrogens is 2. The molecule has 1 aromatic heterocycles. The van der Waals surface area contributed by atoms with Crippen molar-refractivity contribution in [2.75, 3.05) is 0 Å². The van der Waals surface area contributed by atoms with Crippen molar-refractivity contribution in [2.45, 2.75) is 19.8 Å². The van der Waals surface area contributed by atoms with Gasteiger partial charge in [0.1, 0.15) is 16.8 Å². The summed E-state index contributed by atoms with van der Waals surface area (Å²) in [5.74, 6) is -1.28. The summed E-state index contributed by atoms with van der Waals surface area (Å²) in [6.45, 7) is 1.98. The van der Waals surface area contributed by atoms with Crippen LogP contribution in [0.4, 0.5) is 4.39 Å². The van der Waals surface area contributed by atoms with Gasteiger partial charge in [0.15, 0.2) is 0 Å². The molecule has 0 spiro atoms. The molecule has 20 heavy (non-hydrogen) atoms. The summed E-state index contributed by atoms with van der Waals surface area (Å²) in [7, 11) is 0. The molecule has 4 nitrogen and oxygen atoms in total. The number of hydrogen-bond acceptors (Lipinski definition) is 3. The van der Waals surface area contributed by atoms with Gasteiger partial charge in [0.05, 0.1) is 11.3 Å². The first-order valence-electron chi connectivity index (χ1n) is 6.07. The molecular formula is C14H12ClFN2O2. The number of aromatic carboxylic acids is 1. The van der Waals surface area contributed by atoms with E-state index in [9.17, 15) is 9.18 Å². The van der Waals surface area contributed by atoms with Gasteiger partial charge in [0.25, 0.3) is 0 Å². The molecule has 0 aliphatic carbocycles. The molecule has 2 rings (SSSR count). The number of carbonyl (C=O) groups is 1. The molecule has 104 valence electrons. The maximum Gasteiger partial charge on any atom is 0.335 e. The molecule has 6 heteroatoms. The molecule has 0 aliphatic heterocycles. The van der Waals surface area contributed by atoms with Crippen LogP contribution < -0.4 is 0 Å². The molecule has 0 radical (unpaired) electrons. The lowest BCUT2D eigenvalue weighted by molar-refractivity contribution is 0.0696. The van der Waals surface area contributed by atoms with Gasteiger partial charge in [-0.05, 0) is 24.6 Å². The molecule has 0 fully saturated rings. The number of aryl methyl sites for hydroxylation is 1. The van der Waals surface area contributed by atoms with E-state index in [1.54, 1.807) is 0 Å². The number of rotatable bonds is 4. The minimum absolute atomic E-state index is 0.133. The van der Waals surface area contributed by atoms with Gasteiger partial charge in [-0.2, -0.15) is 0 Å². The van der Waals surface area contributed by atoms with E-state index in [-0.39, 0.29) is 10.7 Å². The Labute approximate surface area is 120 Å². The number of carboxylic acid groups (broad SMARTS) is 1. The molecule has 0 aliphatic rings. The second-order valence-electron chi connectivity index (χ2n) is 4.28. The van der Waals surface area contributed by atoms with Gasteiger partial charge in [-0.15, -0.1) is 0 Å². The van der Waals surface area contributed by atoms with E-state index in [4.69, 9.17) is 16.7 Å². The Morgan fingerprint density at radius 2 is 2.05 bits per heavy atom. The molecule has 0 saturated carbocycles. The highest BCUT2D eigenvalue weighted by Crippen LogP contribution is 2.23. The number of benzene rings is 1. The van der Waals surface area contributed by atoms with Crippen LogP contribution in [-0.4, -0.2) is 21.0 Å². The third-order valence-corrected chi connectivity index (χ3v) is 2.85.